The number of nitrogens with one attached hydrogen (secondary N) is 2. The second-order valence-electron chi connectivity index (χ2n) is 6.18. The number of carbonyl (C=O) groups excluding carboxylic acids is 1. The van der Waals surface area contributed by atoms with Gasteiger partial charge in [-0.15, -0.1) is 0 Å². The van der Waals surface area contributed by atoms with Crippen LogP contribution in [0.1, 0.15) is 21.6 Å². The molecule has 0 unspecified atom stereocenters. The van der Waals surface area contributed by atoms with Gasteiger partial charge in [0, 0.05) is 23.5 Å². The van der Waals surface area contributed by atoms with Gasteiger partial charge in [0.2, 0.25) is 0 Å². The van der Waals surface area contributed by atoms with Crippen LogP contribution in [0.25, 0.3) is 0 Å². The first-order chi connectivity index (χ1) is 13.5. The minimum atomic E-state index is -0.348. The normalized spacial score (nSPS) is 10.3. The smallest absolute Gasteiger partial charge is 0.274 e. The number of anilines is 3. The second kappa shape index (κ2) is 8.39. The van der Waals surface area contributed by atoms with E-state index in [0.717, 1.165) is 11.3 Å². The first kappa shape index (κ1) is 19.2. The van der Waals surface area contributed by atoms with Gasteiger partial charge in [-0.2, -0.15) is 0 Å². The summed E-state index contributed by atoms with van der Waals surface area (Å²) < 4.78 is 10.5. The number of rotatable bonds is 6. The van der Waals surface area contributed by atoms with Crippen molar-refractivity contribution in [1.29, 1.82) is 0 Å². The van der Waals surface area contributed by atoms with Crippen molar-refractivity contribution in [3.05, 3.63) is 65.6 Å². The zero-order chi connectivity index (χ0) is 20.1. The molecule has 2 N–H and O–H groups in total. The summed E-state index contributed by atoms with van der Waals surface area (Å²) in [4.78, 5) is 20.9. The first-order valence-electron chi connectivity index (χ1n) is 8.70. The number of nitrogens with zero attached hydrogens (tertiary/aromatic N) is 2. The summed E-state index contributed by atoms with van der Waals surface area (Å²) >= 11 is 0. The maximum absolute atomic E-state index is 12.6. The minimum absolute atomic E-state index is 0.248. The summed E-state index contributed by atoms with van der Waals surface area (Å²) in [5.41, 5.74) is 4.05. The van der Waals surface area contributed by atoms with E-state index in [4.69, 9.17) is 9.47 Å². The van der Waals surface area contributed by atoms with Crippen molar-refractivity contribution in [3.63, 3.8) is 0 Å². The van der Waals surface area contributed by atoms with Crippen molar-refractivity contribution in [1.82, 2.24) is 9.97 Å². The highest BCUT2D eigenvalue weighted by molar-refractivity contribution is 6.03. The van der Waals surface area contributed by atoms with Gasteiger partial charge in [-0.25, -0.2) is 9.97 Å². The highest BCUT2D eigenvalue weighted by Gasteiger charge is 2.12. The molecule has 0 saturated heterocycles. The standard InChI is InChI=1S/C21H22N4O3/c1-13-6-5-7-16(14(13)2)25-20-11-17(22-12-23-20)21(26)24-15-8-9-18(27-3)19(10-15)28-4/h5-12H,1-4H3,(H,24,26)(H,22,23,25). The molecule has 0 fully saturated rings. The lowest BCUT2D eigenvalue weighted by Crippen LogP contribution is -2.14. The van der Waals surface area contributed by atoms with E-state index in [2.05, 4.69) is 20.6 Å². The lowest BCUT2D eigenvalue weighted by molar-refractivity contribution is 0.102. The number of aryl methyl sites for hydroxylation is 1. The molecule has 1 heterocycles. The highest BCUT2D eigenvalue weighted by atomic mass is 16.5. The molecule has 0 spiro atoms. The Morgan fingerprint density at radius 3 is 2.50 bits per heavy atom. The van der Waals surface area contributed by atoms with E-state index in [1.165, 1.54) is 11.9 Å². The van der Waals surface area contributed by atoms with Crippen molar-refractivity contribution < 1.29 is 14.3 Å². The molecule has 1 amide bonds. The van der Waals surface area contributed by atoms with Crippen LogP contribution in [0.5, 0.6) is 11.5 Å². The fourth-order valence-corrected chi connectivity index (χ4v) is 2.68. The van der Waals surface area contributed by atoms with Crippen LogP contribution in [-0.4, -0.2) is 30.1 Å². The molecule has 0 radical (unpaired) electrons. The van der Waals surface area contributed by atoms with Crippen molar-refractivity contribution in [2.75, 3.05) is 24.9 Å². The van der Waals surface area contributed by atoms with Gasteiger partial charge < -0.3 is 20.1 Å². The van der Waals surface area contributed by atoms with Gasteiger partial charge in [-0.3, -0.25) is 4.79 Å². The number of ether oxygens (including phenoxy) is 2. The van der Waals surface area contributed by atoms with Crippen molar-refractivity contribution in [3.8, 4) is 11.5 Å². The minimum Gasteiger partial charge on any atom is -0.493 e. The van der Waals surface area contributed by atoms with Crippen LogP contribution in [0.2, 0.25) is 0 Å². The van der Waals surface area contributed by atoms with Gasteiger partial charge in [-0.1, -0.05) is 12.1 Å². The van der Waals surface area contributed by atoms with E-state index < -0.39 is 0 Å². The number of aromatic nitrogens is 2. The molecule has 0 bridgehead atoms. The number of methoxy groups -OCH3 is 2. The summed E-state index contributed by atoms with van der Waals surface area (Å²) in [6, 6.07) is 12.7. The van der Waals surface area contributed by atoms with Gasteiger partial charge in [0.15, 0.2) is 11.5 Å². The molecule has 2 aromatic carbocycles. The third-order valence-corrected chi connectivity index (χ3v) is 4.41. The fraction of sp³-hybridized carbons (Fsp3) is 0.190. The molecule has 7 heteroatoms. The average molecular weight is 378 g/mol. The van der Waals surface area contributed by atoms with Crippen LogP contribution in [0.3, 0.4) is 0 Å². The SMILES string of the molecule is COc1ccc(NC(=O)c2cc(Nc3cccc(C)c3C)ncn2)cc1OC. The van der Waals surface area contributed by atoms with Gasteiger partial charge in [0.1, 0.15) is 17.8 Å². The Labute approximate surface area is 163 Å². The molecule has 0 aliphatic carbocycles. The molecule has 0 aliphatic heterocycles. The van der Waals surface area contributed by atoms with Crippen molar-refractivity contribution >= 4 is 23.1 Å². The summed E-state index contributed by atoms with van der Waals surface area (Å²) in [6.07, 6.45) is 1.36. The van der Waals surface area contributed by atoms with E-state index in [9.17, 15) is 4.79 Å². The zero-order valence-corrected chi connectivity index (χ0v) is 16.2. The number of amides is 1. The van der Waals surface area contributed by atoms with Crippen LogP contribution in [-0.2, 0) is 0 Å². The first-order valence-corrected chi connectivity index (χ1v) is 8.70. The highest BCUT2D eigenvalue weighted by Crippen LogP contribution is 2.30. The number of benzene rings is 2. The topological polar surface area (TPSA) is 85.4 Å². The summed E-state index contributed by atoms with van der Waals surface area (Å²) in [7, 11) is 3.10. The van der Waals surface area contributed by atoms with Crippen LogP contribution in [0, 0.1) is 13.8 Å². The van der Waals surface area contributed by atoms with Crippen LogP contribution in [0.15, 0.2) is 48.8 Å². The van der Waals surface area contributed by atoms with Crippen molar-refractivity contribution in [2.45, 2.75) is 13.8 Å². The van der Waals surface area contributed by atoms with E-state index >= 15 is 0 Å². The van der Waals surface area contributed by atoms with Crippen LogP contribution >= 0.6 is 0 Å². The lowest BCUT2D eigenvalue weighted by Gasteiger charge is -2.12. The van der Waals surface area contributed by atoms with Gasteiger partial charge >= 0.3 is 0 Å². The Kier molecular flexibility index (Phi) is 5.74. The predicted molar refractivity (Wildman–Crippen MR) is 109 cm³/mol. The van der Waals surface area contributed by atoms with Crippen LogP contribution in [0.4, 0.5) is 17.2 Å². The molecule has 0 saturated carbocycles. The van der Waals surface area contributed by atoms with Crippen LogP contribution < -0.4 is 20.1 Å². The predicted octanol–water partition coefficient (Wildman–Crippen LogP) is 4.11. The zero-order valence-electron chi connectivity index (χ0n) is 16.2. The Bertz CT molecular complexity index is 1000. The Hall–Kier alpha value is -3.61. The molecule has 144 valence electrons. The summed E-state index contributed by atoms with van der Waals surface area (Å²) in [5.74, 6) is 1.31. The molecular weight excluding hydrogens is 356 g/mol. The third-order valence-electron chi connectivity index (χ3n) is 4.41. The molecule has 1 aromatic heterocycles. The van der Waals surface area contributed by atoms with E-state index in [0.29, 0.717) is 23.0 Å². The quantitative estimate of drug-likeness (QED) is 0.671. The Morgan fingerprint density at radius 2 is 1.75 bits per heavy atom. The third kappa shape index (κ3) is 4.20. The summed E-state index contributed by atoms with van der Waals surface area (Å²) in [5, 5.41) is 6.04. The number of hydrogen-bond donors (Lipinski definition) is 2. The van der Waals surface area contributed by atoms with E-state index in [1.807, 2.05) is 32.0 Å². The van der Waals surface area contributed by atoms with Gasteiger partial charge in [0.25, 0.3) is 5.91 Å². The molecule has 0 atom stereocenters. The summed E-state index contributed by atoms with van der Waals surface area (Å²) in [6.45, 7) is 4.08. The largest absolute Gasteiger partial charge is 0.493 e. The van der Waals surface area contributed by atoms with E-state index in [1.54, 1.807) is 38.5 Å². The Balaban J connectivity index is 1.78. The van der Waals surface area contributed by atoms with Gasteiger partial charge in [0.05, 0.1) is 14.2 Å². The molecule has 7 nitrogen and oxygen atoms in total. The fourth-order valence-electron chi connectivity index (χ4n) is 2.68. The van der Waals surface area contributed by atoms with Crippen molar-refractivity contribution in [2.24, 2.45) is 0 Å². The molecule has 3 rings (SSSR count). The maximum atomic E-state index is 12.6. The Morgan fingerprint density at radius 1 is 0.964 bits per heavy atom. The second-order valence-corrected chi connectivity index (χ2v) is 6.18. The monoisotopic (exact) mass is 378 g/mol. The average Bonchev–Trinajstić information content (AvgIpc) is 2.71. The molecule has 3 aromatic rings. The number of carbonyl (C=O) groups is 1. The lowest BCUT2D eigenvalue weighted by atomic mass is 10.1. The maximum Gasteiger partial charge on any atom is 0.274 e. The molecule has 0 aliphatic rings. The van der Waals surface area contributed by atoms with E-state index in [-0.39, 0.29) is 11.6 Å². The molecule has 28 heavy (non-hydrogen) atoms. The number of hydrogen-bond acceptors (Lipinski definition) is 6. The van der Waals surface area contributed by atoms with Gasteiger partial charge in [-0.05, 0) is 43.2 Å². The molecular formula is C21H22N4O3.